The summed E-state index contributed by atoms with van der Waals surface area (Å²) in [4.78, 5) is 8.94. The van der Waals surface area contributed by atoms with Gasteiger partial charge in [-0.25, -0.2) is 9.97 Å². The third-order valence-corrected chi connectivity index (χ3v) is 4.58. The Bertz CT molecular complexity index is 943. The Balaban J connectivity index is 1.58. The highest BCUT2D eigenvalue weighted by molar-refractivity contribution is 5.65. The lowest BCUT2D eigenvalue weighted by Gasteiger charge is -2.15. The normalized spacial score (nSPS) is 14.8. The molecular weight excluding hydrogens is 358 g/mol. The van der Waals surface area contributed by atoms with Gasteiger partial charge in [-0.05, 0) is 17.7 Å². The third-order valence-electron chi connectivity index (χ3n) is 4.58. The Kier molecular flexibility index (Phi) is 4.89. The monoisotopic (exact) mass is 379 g/mol. The van der Waals surface area contributed by atoms with Crippen LogP contribution in [0.25, 0.3) is 0 Å². The van der Waals surface area contributed by atoms with Gasteiger partial charge in [0.1, 0.15) is 11.9 Å². The van der Waals surface area contributed by atoms with Crippen molar-refractivity contribution >= 4 is 11.6 Å². The van der Waals surface area contributed by atoms with Crippen LogP contribution < -0.4 is 24.3 Å². The molecule has 1 atom stereocenters. The Morgan fingerprint density at radius 3 is 2.43 bits per heavy atom. The van der Waals surface area contributed by atoms with Crippen molar-refractivity contribution in [2.75, 3.05) is 26.6 Å². The lowest BCUT2D eigenvalue weighted by atomic mass is 10.1. The first-order valence-corrected chi connectivity index (χ1v) is 8.86. The lowest BCUT2D eigenvalue weighted by molar-refractivity contribution is 0.233. The van der Waals surface area contributed by atoms with Crippen LogP contribution in [0.15, 0.2) is 48.7 Å². The molecule has 0 aliphatic carbocycles. The zero-order valence-corrected chi connectivity index (χ0v) is 15.9. The molecule has 0 spiro atoms. The van der Waals surface area contributed by atoms with Gasteiger partial charge in [0.05, 0.1) is 27.0 Å². The number of ether oxygens (including phenoxy) is 4. The molecule has 1 aliphatic heterocycles. The molecule has 0 fully saturated rings. The van der Waals surface area contributed by atoms with E-state index in [0.717, 1.165) is 23.6 Å². The molecule has 1 unspecified atom stereocenters. The second kappa shape index (κ2) is 7.64. The number of nitrogens with one attached hydrogen (secondary N) is 1. The molecule has 7 nitrogen and oxygen atoms in total. The Morgan fingerprint density at radius 2 is 1.75 bits per heavy atom. The number of para-hydroxylation sites is 1. The molecule has 7 heteroatoms. The molecule has 0 saturated heterocycles. The van der Waals surface area contributed by atoms with Crippen LogP contribution in [0.2, 0.25) is 0 Å². The van der Waals surface area contributed by atoms with Gasteiger partial charge in [0, 0.05) is 30.4 Å². The van der Waals surface area contributed by atoms with Crippen LogP contribution >= 0.6 is 0 Å². The second-order valence-corrected chi connectivity index (χ2v) is 6.26. The molecule has 28 heavy (non-hydrogen) atoms. The Morgan fingerprint density at radius 1 is 1.00 bits per heavy atom. The minimum Gasteiger partial charge on any atom is -0.493 e. The van der Waals surface area contributed by atoms with Crippen molar-refractivity contribution in [3.05, 3.63) is 59.9 Å². The fraction of sp³-hybridized carbons (Fsp3) is 0.238. The summed E-state index contributed by atoms with van der Waals surface area (Å²) >= 11 is 0. The molecule has 0 radical (unpaired) electrons. The predicted molar refractivity (Wildman–Crippen MR) is 105 cm³/mol. The maximum Gasteiger partial charge on any atom is 0.227 e. The maximum absolute atomic E-state index is 6.03. The van der Waals surface area contributed by atoms with Gasteiger partial charge in [-0.15, -0.1) is 0 Å². The smallest absolute Gasteiger partial charge is 0.227 e. The number of hydrogen-bond donors (Lipinski definition) is 1. The highest BCUT2D eigenvalue weighted by Crippen LogP contribution is 2.40. The van der Waals surface area contributed by atoms with Gasteiger partial charge >= 0.3 is 0 Å². The summed E-state index contributed by atoms with van der Waals surface area (Å²) < 4.78 is 22.2. The fourth-order valence-electron chi connectivity index (χ4n) is 3.24. The van der Waals surface area contributed by atoms with E-state index in [1.807, 2.05) is 24.3 Å². The minimum absolute atomic E-state index is 0.124. The summed E-state index contributed by atoms with van der Waals surface area (Å²) in [6, 6.07) is 13.5. The number of nitrogens with zero attached hydrogens (tertiary/aromatic N) is 2. The van der Waals surface area contributed by atoms with Gasteiger partial charge in [-0.1, -0.05) is 18.2 Å². The standard InChI is InChI=1S/C21H21N3O4/c1-25-18-11-14(12-19(26-2)20(18)27-3)23-21-22-9-8-15(24-21)17-10-13-6-4-5-7-16(13)28-17/h4-9,11-12,17H,10H2,1-3H3,(H,22,23,24). The number of methoxy groups -OCH3 is 3. The molecule has 3 aromatic rings. The number of aromatic nitrogens is 2. The highest BCUT2D eigenvalue weighted by atomic mass is 16.5. The predicted octanol–water partition coefficient (Wildman–Crippen LogP) is 3.92. The minimum atomic E-state index is -0.124. The quantitative estimate of drug-likeness (QED) is 0.696. The molecule has 144 valence electrons. The van der Waals surface area contributed by atoms with E-state index in [0.29, 0.717) is 23.2 Å². The van der Waals surface area contributed by atoms with Gasteiger partial charge in [-0.2, -0.15) is 0 Å². The molecular formula is C21H21N3O4. The highest BCUT2D eigenvalue weighted by Gasteiger charge is 2.25. The lowest BCUT2D eigenvalue weighted by Crippen LogP contribution is -2.08. The van der Waals surface area contributed by atoms with E-state index in [2.05, 4.69) is 21.4 Å². The number of fused-ring (bicyclic) bond motifs is 1. The summed E-state index contributed by atoms with van der Waals surface area (Å²) in [5, 5.41) is 3.20. The average Bonchev–Trinajstić information content (AvgIpc) is 3.17. The van der Waals surface area contributed by atoms with Gasteiger partial charge in [0.15, 0.2) is 11.5 Å². The van der Waals surface area contributed by atoms with Gasteiger partial charge in [0.25, 0.3) is 0 Å². The maximum atomic E-state index is 6.03. The van der Waals surface area contributed by atoms with Crippen molar-refractivity contribution in [3.63, 3.8) is 0 Å². The molecule has 1 aliphatic rings. The van der Waals surface area contributed by atoms with Gasteiger partial charge in [-0.3, -0.25) is 0 Å². The van der Waals surface area contributed by atoms with E-state index in [4.69, 9.17) is 18.9 Å². The molecule has 4 rings (SSSR count). The number of anilines is 2. The molecule has 0 bridgehead atoms. The molecule has 1 aromatic heterocycles. The van der Waals surface area contributed by atoms with Crippen molar-refractivity contribution in [1.29, 1.82) is 0 Å². The van der Waals surface area contributed by atoms with Crippen molar-refractivity contribution in [2.45, 2.75) is 12.5 Å². The van der Waals surface area contributed by atoms with Crippen molar-refractivity contribution in [1.82, 2.24) is 9.97 Å². The van der Waals surface area contributed by atoms with Crippen LogP contribution in [0.4, 0.5) is 11.6 Å². The summed E-state index contributed by atoms with van der Waals surface area (Å²) in [7, 11) is 4.72. The van der Waals surface area contributed by atoms with E-state index < -0.39 is 0 Å². The summed E-state index contributed by atoms with van der Waals surface area (Å²) in [6.07, 6.45) is 2.38. The van der Waals surface area contributed by atoms with E-state index in [-0.39, 0.29) is 6.10 Å². The van der Waals surface area contributed by atoms with Crippen LogP contribution in [0, 0.1) is 0 Å². The molecule has 2 heterocycles. The first kappa shape index (κ1) is 17.9. The summed E-state index contributed by atoms with van der Waals surface area (Å²) in [5.74, 6) is 3.00. The van der Waals surface area contributed by atoms with Crippen LogP contribution in [0.3, 0.4) is 0 Å². The van der Waals surface area contributed by atoms with Crippen molar-refractivity contribution in [3.8, 4) is 23.0 Å². The zero-order valence-electron chi connectivity index (χ0n) is 15.9. The van der Waals surface area contributed by atoms with E-state index in [1.54, 1.807) is 39.7 Å². The first-order chi connectivity index (χ1) is 13.7. The fourth-order valence-corrected chi connectivity index (χ4v) is 3.24. The molecule has 1 N–H and O–H groups in total. The number of rotatable bonds is 6. The first-order valence-electron chi connectivity index (χ1n) is 8.86. The molecule has 0 amide bonds. The van der Waals surface area contributed by atoms with Crippen molar-refractivity contribution in [2.24, 2.45) is 0 Å². The molecule has 0 saturated carbocycles. The van der Waals surface area contributed by atoms with Gasteiger partial charge < -0.3 is 24.3 Å². The average molecular weight is 379 g/mol. The Labute approximate surface area is 163 Å². The number of hydrogen-bond acceptors (Lipinski definition) is 7. The van der Waals surface area contributed by atoms with Crippen LogP contribution in [-0.2, 0) is 6.42 Å². The van der Waals surface area contributed by atoms with Crippen LogP contribution in [0.1, 0.15) is 17.4 Å². The SMILES string of the molecule is COc1cc(Nc2nccc(C3Cc4ccccc4O3)n2)cc(OC)c1OC. The van der Waals surface area contributed by atoms with Gasteiger partial charge in [0.2, 0.25) is 11.7 Å². The van der Waals surface area contributed by atoms with Crippen molar-refractivity contribution < 1.29 is 18.9 Å². The number of benzene rings is 2. The molecule has 2 aromatic carbocycles. The Hall–Kier alpha value is -3.48. The summed E-state index contributed by atoms with van der Waals surface area (Å²) in [6.45, 7) is 0. The largest absolute Gasteiger partial charge is 0.493 e. The van der Waals surface area contributed by atoms with E-state index >= 15 is 0 Å². The zero-order chi connectivity index (χ0) is 19.5. The van der Waals surface area contributed by atoms with E-state index in [1.165, 1.54) is 5.56 Å². The van der Waals surface area contributed by atoms with E-state index in [9.17, 15) is 0 Å². The second-order valence-electron chi connectivity index (χ2n) is 6.26. The van der Waals surface area contributed by atoms with Crippen LogP contribution in [0.5, 0.6) is 23.0 Å². The topological polar surface area (TPSA) is 74.7 Å². The summed E-state index contributed by atoms with van der Waals surface area (Å²) in [5.41, 5.74) is 2.73. The van der Waals surface area contributed by atoms with Crippen LogP contribution in [-0.4, -0.2) is 31.3 Å². The third kappa shape index (κ3) is 3.38.